The molecule has 0 aromatic heterocycles. The van der Waals surface area contributed by atoms with Gasteiger partial charge in [0.2, 0.25) is 6.08 Å². The van der Waals surface area contributed by atoms with Gasteiger partial charge in [0.1, 0.15) is 5.56 Å². The van der Waals surface area contributed by atoms with Crippen molar-refractivity contribution in [2.45, 2.75) is 24.8 Å². The second-order valence-corrected chi connectivity index (χ2v) is 4.43. The minimum absolute atomic E-state index is 0.273. The van der Waals surface area contributed by atoms with Crippen LogP contribution in [-0.4, -0.2) is 24.3 Å². The molecule has 6 heteroatoms. The minimum Gasteiger partial charge on any atom is -0.504 e. The molecule has 2 rings (SSSR count). The van der Waals surface area contributed by atoms with E-state index in [1.807, 2.05) is 0 Å². The van der Waals surface area contributed by atoms with E-state index in [0.29, 0.717) is 18.4 Å². The van der Waals surface area contributed by atoms with Gasteiger partial charge in [-0.3, -0.25) is 0 Å². The summed E-state index contributed by atoms with van der Waals surface area (Å²) in [6, 6.07) is 2.39. The lowest BCUT2D eigenvalue weighted by Crippen LogP contribution is -2.32. The Hall–Kier alpha value is -2.20. The third-order valence-electron chi connectivity index (χ3n) is 3.45. The number of methoxy groups -OCH3 is 1. The number of hydrogen-bond acceptors (Lipinski definition) is 5. The molecular weight excluding hydrogens is 253 g/mol. The minimum atomic E-state index is -0.940. The van der Waals surface area contributed by atoms with Gasteiger partial charge in [0.15, 0.2) is 11.6 Å². The summed E-state index contributed by atoms with van der Waals surface area (Å²) in [6.45, 7) is 0. The van der Waals surface area contributed by atoms with Gasteiger partial charge in [-0.05, 0) is 37.0 Å². The maximum Gasteiger partial charge on any atom is 0.341 e. The highest BCUT2D eigenvalue weighted by atomic mass is 19.1. The zero-order valence-corrected chi connectivity index (χ0v) is 10.3. The number of aromatic hydroxyl groups is 1. The number of ether oxygens (including phenoxy) is 1. The highest BCUT2D eigenvalue weighted by Gasteiger charge is 2.40. The SMILES string of the molecule is COC(=O)c1cc(C2(N=C=O)CCC2)cc(F)c1O. The van der Waals surface area contributed by atoms with E-state index in [9.17, 15) is 19.1 Å². The summed E-state index contributed by atoms with van der Waals surface area (Å²) >= 11 is 0. The first-order chi connectivity index (χ1) is 9.04. The van der Waals surface area contributed by atoms with Gasteiger partial charge in [0.05, 0.1) is 12.6 Å². The van der Waals surface area contributed by atoms with Gasteiger partial charge in [0.25, 0.3) is 0 Å². The van der Waals surface area contributed by atoms with Gasteiger partial charge in [0, 0.05) is 0 Å². The van der Waals surface area contributed by atoms with Gasteiger partial charge >= 0.3 is 5.97 Å². The summed E-state index contributed by atoms with van der Waals surface area (Å²) in [5.41, 5.74) is -0.735. The second-order valence-electron chi connectivity index (χ2n) is 4.43. The number of nitrogens with zero attached hydrogens (tertiary/aromatic N) is 1. The Morgan fingerprint density at radius 2 is 2.21 bits per heavy atom. The molecule has 0 radical (unpaired) electrons. The van der Waals surface area contributed by atoms with Crippen LogP contribution in [0.2, 0.25) is 0 Å². The maximum atomic E-state index is 13.7. The number of aliphatic imine (C=N–C) groups is 1. The number of phenols is 1. The molecule has 0 bridgehead atoms. The molecule has 1 aliphatic carbocycles. The Morgan fingerprint density at radius 1 is 1.53 bits per heavy atom. The average Bonchev–Trinajstić information content (AvgIpc) is 2.36. The Labute approximate surface area is 108 Å². The van der Waals surface area contributed by atoms with E-state index >= 15 is 0 Å². The molecule has 19 heavy (non-hydrogen) atoms. The van der Waals surface area contributed by atoms with Crippen LogP contribution in [0.4, 0.5) is 4.39 Å². The number of halogens is 1. The monoisotopic (exact) mass is 265 g/mol. The molecule has 1 saturated carbocycles. The molecule has 0 saturated heterocycles. The highest BCUT2D eigenvalue weighted by Crippen LogP contribution is 2.46. The molecule has 0 unspecified atom stereocenters. The van der Waals surface area contributed by atoms with Crippen molar-refractivity contribution in [3.05, 3.63) is 29.1 Å². The van der Waals surface area contributed by atoms with Gasteiger partial charge < -0.3 is 9.84 Å². The van der Waals surface area contributed by atoms with Crippen molar-refractivity contribution in [2.24, 2.45) is 4.99 Å². The molecule has 1 N–H and O–H groups in total. The van der Waals surface area contributed by atoms with E-state index < -0.39 is 23.1 Å². The number of rotatable bonds is 3. The maximum absolute atomic E-state index is 13.7. The topological polar surface area (TPSA) is 76.0 Å². The molecule has 1 aromatic rings. The van der Waals surface area contributed by atoms with E-state index in [1.165, 1.54) is 12.1 Å². The first-order valence-electron chi connectivity index (χ1n) is 5.74. The highest BCUT2D eigenvalue weighted by molar-refractivity contribution is 5.92. The van der Waals surface area contributed by atoms with Gasteiger partial charge in [-0.15, -0.1) is 0 Å². The van der Waals surface area contributed by atoms with Crippen molar-refractivity contribution < 1.29 is 23.8 Å². The number of carbonyl (C=O) groups is 1. The van der Waals surface area contributed by atoms with Crippen LogP contribution in [-0.2, 0) is 15.1 Å². The lowest BCUT2D eigenvalue weighted by Gasteiger charge is -2.37. The van der Waals surface area contributed by atoms with Crippen LogP contribution in [0.3, 0.4) is 0 Å². The van der Waals surface area contributed by atoms with Gasteiger partial charge in [-0.2, -0.15) is 4.99 Å². The van der Waals surface area contributed by atoms with E-state index in [4.69, 9.17) is 0 Å². The van der Waals surface area contributed by atoms with Crippen LogP contribution in [0.1, 0.15) is 35.2 Å². The summed E-state index contributed by atoms with van der Waals surface area (Å²) < 4.78 is 18.1. The zero-order valence-electron chi connectivity index (χ0n) is 10.3. The predicted molar refractivity (Wildman–Crippen MR) is 63.1 cm³/mol. The predicted octanol–water partition coefficient (Wildman–Crippen LogP) is 2.03. The van der Waals surface area contributed by atoms with Crippen LogP contribution in [0.15, 0.2) is 17.1 Å². The van der Waals surface area contributed by atoms with Crippen molar-refractivity contribution in [3.63, 3.8) is 0 Å². The third-order valence-corrected chi connectivity index (χ3v) is 3.45. The molecule has 5 nitrogen and oxygen atoms in total. The Bertz CT molecular complexity index is 574. The smallest absolute Gasteiger partial charge is 0.341 e. The lowest BCUT2D eigenvalue weighted by atomic mass is 9.72. The molecule has 0 spiro atoms. The quantitative estimate of drug-likeness (QED) is 0.515. The summed E-state index contributed by atoms with van der Waals surface area (Å²) in [7, 11) is 1.13. The number of esters is 1. The Morgan fingerprint density at radius 3 is 2.68 bits per heavy atom. The molecule has 0 atom stereocenters. The van der Waals surface area contributed by atoms with Crippen molar-refractivity contribution >= 4 is 12.0 Å². The van der Waals surface area contributed by atoms with Gasteiger partial charge in [-0.25, -0.2) is 14.0 Å². The van der Waals surface area contributed by atoms with E-state index in [1.54, 1.807) is 0 Å². The molecule has 100 valence electrons. The van der Waals surface area contributed by atoms with Crippen molar-refractivity contribution in [1.82, 2.24) is 0 Å². The van der Waals surface area contributed by atoms with Crippen LogP contribution >= 0.6 is 0 Å². The fraction of sp³-hybridized carbons (Fsp3) is 0.385. The molecule has 0 heterocycles. The van der Waals surface area contributed by atoms with Crippen molar-refractivity contribution in [3.8, 4) is 5.75 Å². The number of carbonyl (C=O) groups excluding carboxylic acids is 2. The summed E-state index contributed by atoms with van der Waals surface area (Å²) in [6.07, 6.45) is 3.48. The summed E-state index contributed by atoms with van der Waals surface area (Å²) in [5, 5.41) is 9.53. The van der Waals surface area contributed by atoms with Crippen LogP contribution in [0.5, 0.6) is 5.75 Å². The Kier molecular flexibility index (Phi) is 3.36. The first kappa shape index (κ1) is 13.2. The van der Waals surface area contributed by atoms with Gasteiger partial charge in [-0.1, -0.05) is 0 Å². The van der Waals surface area contributed by atoms with Crippen LogP contribution in [0.25, 0.3) is 0 Å². The zero-order chi connectivity index (χ0) is 14.0. The van der Waals surface area contributed by atoms with Crippen LogP contribution in [0, 0.1) is 5.82 Å². The Balaban J connectivity index is 2.56. The molecular formula is C13H12FNO4. The molecule has 1 fully saturated rings. The number of phenolic OH excluding ortho intramolecular Hbond substituents is 1. The summed E-state index contributed by atoms with van der Waals surface area (Å²) in [4.78, 5) is 25.7. The van der Waals surface area contributed by atoms with E-state index in [-0.39, 0.29) is 5.56 Å². The molecule has 0 aliphatic heterocycles. The van der Waals surface area contributed by atoms with Crippen molar-refractivity contribution in [2.75, 3.05) is 7.11 Å². The van der Waals surface area contributed by atoms with E-state index in [0.717, 1.165) is 19.6 Å². The molecule has 1 aliphatic rings. The first-order valence-corrected chi connectivity index (χ1v) is 5.74. The molecule has 0 amide bonds. The normalized spacial score (nSPS) is 16.1. The van der Waals surface area contributed by atoms with E-state index in [2.05, 4.69) is 9.73 Å². The fourth-order valence-corrected chi connectivity index (χ4v) is 2.20. The molecule has 1 aromatic carbocycles. The number of benzene rings is 1. The summed E-state index contributed by atoms with van der Waals surface area (Å²) in [5.74, 6) is -2.55. The lowest BCUT2D eigenvalue weighted by molar-refractivity contribution is 0.0596. The average molecular weight is 265 g/mol. The largest absolute Gasteiger partial charge is 0.504 e. The van der Waals surface area contributed by atoms with Crippen LogP contribution < -0.4 is 0 Å². The number of hydrogen-bond donors (Lipinski definition) is 1. The fourth-order valence-electron chi connectivity index (χ4n) is 2.20. The number of isocyanates is 1. The second kappa shape index (κ2) is 4.82. The third kappa shape index (κ3) is 2.11. The standard InChI is InChI=1S/C13H12FNO4/c1-19-12(18)9-5-8(6-10(14)11(9)17)13(15-7-16)3-2-4-13/h5-6,17H,2-4H2,1H3. The van der Waals surface area contributed by atoms with Crippen molar-refractivity contribution in [1.29, 1.82) is 0 Å².